The van der Waals surface area contributed by atoms with Gasteiger partial charge in [0.15, 0.2) is 0 Å². The predicted molar refractivity (Wildman–Crippen MR) is 98.8 cm³/mol. The maximum Gasteiger partial charge on any atom is 0.277 e. The first-order chi connectivity index (χ1) is 12.7. The van der Waals surface area contributed by atoms with Crippen LogP contribution < -0.4 is 0 Å². The molecule has 2 heterocycles. The van der Waals surface area contributed by atoms with E-state index in [2.05, 4.69) is 20.3 Å². The molecule has 26 heavy (non-hydrogen) atoms. The van der Waals surface area contributed by atoms with E-state index < -0.39 is 0 Å². The molecular weight excluding hydrogens is 372 g/mol. The molecule has 0 atom stereocenters. The van der Waals surface area contributed by atoms with Crippen LogP contribution in [-0.4, -0.2) is 20.3 Å². The molecule has 2 aromatic carbocycles. The second-order valence-corrected chi connectivity index (χ2v) is 6.92. The van der Waals surface area contributed by atoms with Crippen LogP contribution in [0.5, 0.6) is 0 Å². The lowest BCUT2D eigenvalue weighted by Crippen LogP contribution is -1.84. The molecule has 6 nitrogen and oxygen atoms in total. The van der Waals surface area contributed by atoms with Gasteiger partial charge in [0.2, 0.25) is 17.6 Å². The first-order valence-corrected chi connectivity index (χ1v) is 9.15. The van der Waals surface area contributed by atoms with Crippen LogP contribution in [0.1, 0.15) is 11.5 Å². The molecule has 0 spiro atoms. The highest BCUT2D eigenvalue weighted by molar-refractivity contribution is 7.98. The average molecular weight is 385 g/mol. The Labute approximate surface area is 158 Å². The zero-order chi connectivity index (χ0) is 17.9. The summed E-state index contributed by atoms with van der Waals surface area (Å²) in [5.74, 6) is 1.92. The molecule has 130 valence electrons. The Balaban J connectivity index is 1.44. The van der Waals surface area contributed by atoms with Gasteiger partial charge in [-0.15, -0.1) is 10.2 Å². The third-order valence-corrected chi connectivity index (χ3v) is 4.58. The maximum absolute atomic E-state index is 5.98. The van der Waals surface area contributed by atoms with Crippen molar-refractivity contribution in [1.29, 1.82) is 0 Å². The van der Waals surface area contributed by atoms with E-state index in [0.29, 0.717) is 33.6 Å². The van der Waals surface area contributed by atoms with Crippen molar-refractivity contribution >= 4 is 23.4 Å². The number of hydrogen-bond donors (Lipinski definition) is 0. The summed E-state index contributed by atoms with van der Waals surface area (Å²) in [6, 6.07) is 15.2. The van der Waals surface area contributed by atoms with Gasteiger partial charge in [0, 0.05) is 16.1 Å². The normalized spacial score (nSPS) is 11.0. The van der Waals surface area contributed by atoms with Crippen LogP contribution in [0.25, 0.3) is 22.8 Å². The number of hydrogen-bond acceptors (Lipinski definition) is 7. The van der Waals surface area contributed by atoms with E-state index in [1.165, 1.54) is 11.8 Å². The largest absolute Gasteiger partial charge is 0.411 e. The topological polar surface area (TPSA) is 77.8 Å². The van der Waals surface area contributed by atoms with E-state index in [0.717, 1.165) is 16.7 Å². The van der Waals surface area contributed by atoms with Gasteiger partial charge in [-0.25, -0.2) is 0 Å². The molecule has 0 aliphatic carbocycles. The fourth-order valence-corrected chi connectivity index (χ4v) is 3.14. The monoisotopic (exact) mass is 384 g/mol. The Hall–Kier alpha value is -2.64. The third kappa shape index (κ3) is 3.79. The van der Waals surface area contributed by atoms with Crippen LogP contribution in [0.15, 0.2) is 62.7 Å². The molecule has 0 aliphatic rings. The fourth-order valence-electron chi connectivity index (χ4n) is 2.34. The Bertz CT molecular complexity index is 963. The highest BCUT2D eigenvalue weighted by Gasteiger charge is 2.13. The molecule has 0 amide bonds. The highest BCUT2D eigenvalue weighted by Crippen LogP contribution is 2.27. The highest BCUT2D eigenvalue weighted by atomic mass is 35.5. The van der Waals surface area contributed by atoms with E-state index in [1.807, 2.05) is 43.3 Å². The van der Waals surface area contributed by atoms with Gasteiger partial charge in [-0.1, -0.05) is 58.3 Å². The van der Waals surface area contributed by atoms with Crippen molar-refractivity contribution in [2.24, 2.45) is 0 Å². The number of thioether (sulfide) groups is 1. The Morgan fingerprint density at radius 2 is 1.88 bits per heavy atom. The first-order valence-electron chi connectivity index (χ1n) is 7.79. The second kappa shape index (κ2) is 7.31. The zero-order valence-corrected chi connectivity index (χ0v) is 15.3. The van der Waals surface area contributed by atoms with Gasteiger partial charge < -0.3 is 8.94 Å². The van der Waals surface area contributed by atoms with Crippen LogP contribution in [0.2, 0.25) is 5.02 Å². The fraction of sp³-hybridized carbons (Fsp3) is 0.111. The lowest BCUT2D eigenvalue weighted by Gasteiger charge is -1.95. The van der Waals surface area contributed by atoms with Crippen molar-refractivity contribution in [3.8, 4) is 22.8 Å². The number of halogens is 1. The standard InChI is InChI=1S/C18H13ClN4O2S/c1-11-4-2-5-12(8-11)16-20-15(25-23-16)10-26-18-22-21-17(24-18)13-6-3-7-14(19)9-13/h2-9H,10H2,1H3. The summed E-state index contributed by atoms with van der Waals surface area (Å²) in [5.41, 5.74) is 2.84. The Kier molecular flexibility index (Phi) is 4.73. The van der Waals surface area contributed by atoms with Crippen LogP contribution in [-0.2, 0) is 5.75 Å². The lowest BCUT2D eigenvalue weighted by molar-refractivity contribution is 0.391. The molecule has 0 bridgehead atoms. The van der Waals surface area contributed by atoms with E-state index in [4.69, 9.17) is 20.5 Å². The number of aryl methyl sites for hydroxylation is 1. The van der Waals surface area contributed by atoms with Crippen molar-refractivity contribution in [3.05, 3.63) is 65.0 Å². The molecule has 0 aliphatic heterocycles. The minimum Gasteiger partial charge on any atom is -0.411 e. The SMILES string of the molecule is Cc1cccc(-c2noc(CSc3nnc(-c4cccc(Cl)c4)o3)n2)c1. The number of aromatic nitrogens is 4. The molecule has 2 aromatic heterocycles. The first kappa shape index (κ1) is 16.8. The molecule has 0 fully saturated rings. The van der Waals surface area contributed by atoms with Gasteiger partial charge in [0.1, 0.15) is 0 Å². The van der Waals surface area contributed by atoms with Crippen LogP contribution >= 0.6 is 23.4 Å². The zero-order valence-electron chi connectivity index (χ0n) is 13.7. The number of rotatable bonds is 5. The molecular formula is C18H13ClN4O2S. The number of nitrogens with zero attached hydrogens (tertiary/aromatic N) is 4. The Morgan fingerprint density at radius 3 is 2.73 bits per heavy atom. The van der Waals surface area contributed by atoms with E-state index in [1.54, 1.807) is 12.1 Å². The molecule has 8 heteroatoms. The quantitative estimate of drug-likeness (QED) is 0.446. The molecule has 4 aromatic rings. The van der Waals surface area contributed by atoms with Crippen molar-refractivity contribution in [1.82, 2.24) is 20.3 Å². The van der Waals surface area contributed by atoms with E-state index >= 15 is 0 Å². The molecule has 0 radical (unpaired) electrons. The molecule has 4 rings (SSSR count). The second-order valence-electron chi connectivity index (χ2n) is 5.55. The molecule has 0 saturated carbocycles. The van der Waals surface area contributed by atoms with Gasteiger partial charge >= 0.3 is 0 Å². The molecule has 0 saturated heterocycles. The van der Waals surface area contributed by atoms with Crippen molar-refractivity contribution in [3.63, 3.8) is 0 Å². The van der Waals surface area contributed by atoms with Gasteiger partial charge in [0.25, 0.3) is 5.22 Å². The molecule has 0 N–H and O–H groups in total. The van der Waals surface area contributed by atoms with Gasteiger partial charge in [-0.2, -0.15) is 4.98 Å². The predicted octanol–water partition coefficient (Wildman–Crippen LogP) is 5.04. The summed E-state index contributed by atoms with van der Waals surface area (Å²) in [7, 11) is 0. The smallest absolute Gasteiger partial charge is 0.277 e. The number of benzene rings is 2. The van der Waals surface area contributed by atoms with Gasteiger partial charge in [0.05, 0.1) is 5.75 Å². The van der Waals surface area contributed by atoms with Crippen LogP contribution in [0.3, 0.4) is 0 Å². The van der Waals surface area contributed by atoms with E-state index in [-0.39, 0.29) is 0 Å². The summed E-state index contributed by atoms with van der Waals surface area (Å²) >= 11 is 7.32. The Morgan fingerprint density at radius 1 is 1.04 bits per heavy atom. The van der Waals surface area contributed by atoms with Crippen LogP contribution in [0.4, 0.5) is 0 Å². The minimum absolute atomic E-state index is 0.418. The van der Waals surface area contributed by atoms with Crippen molar-refractivity contribution < 1.29 is 8.94 Å². The van der Waals surface area contributed by atoms with Crippen LogP contribution in [0, 0.1) is 6.92 Å². The van der Waals surface area contributed by atoms with Crippen molar-refractivity contribution in [2.45, 2.75) is 17.9 Å². The summed E-state index contributed by atoms with van der Waals surface area (Å²) < 4.78 is 10.9. The maximum atomic E-state index is 5.98. The third-order valence-electron chi connectivity index (χ3n) is 3.54. The average Bonchev–Trinajstić information content (AvgIpc) is 3.30. The summed E-state index contributed by atoms with van der Waals surface area (Å²) in [4.78, 5) is 4.41. The summed E-state index contributed by atoms with van der Waals surface area (Å²) in [6.07, 6.45) is 0. The van der Waals surface area contributed by atoms with Gasteiger partial charge in [-0.05, 0) is 31.2 Å². The summed E-state index contributed by atoms with van der Waals surface area (Å²) in [6.45, 7) is 2.02. The van der Waals surface area contributed by atoms with Gasteiger partial charge in [-0.3, -0.25) is 0 Å². The van der Waals surface area contributed by atoms with E-state index in [9.17, 15) is 0 Å². The summed E-state index contributed by atoms with van der Waals surface area (Å²) in [5, 5.41) is 13.1. The minimum atomic E-state index is 0.418. The molecule has 0 unspecified atom stereocenters. The lowest BCUT2D eigenvalue weighted by atomic mass is 10.1. The van der Waals surface area contributed by atoms with Crippen molar-refractivity contribution in [2.75, 3.05) is 0 Å².